The molecule has 7 nitrogen and oxygen atoms in total. The molecule has 1 amide bonds. The number of anilines is 1. The summed E-state index contributed by atoms with van der Waals surface area (Å²) in [7, 11) is 0. The zero-order valence-corrected chi connectivity index (χ0v) is 13.4. The van der Waals surface area contributed by atoms with Crippen LogP contribution in [0.5, 0.6) is 0 Å². The Bertz CT molecular complexity index is 872. The molecule has 3 aromatic rings. The molecule has 0 saturated carbocycles. The molecule has 2 aromatic heterocycles. The van der Waals surface area contributed by atoms with E-state index in [0.717, 1.165) is 18.5 Å². The van der Waals surface area contributed by atoms with E-state index in [4.69, 9.17) is 0 Å². The number of aromatic nitrogens is 4. The Balaban J connectivity index is 1.43. The van der Waals surface area contributed by atoms with Crippen LogP contribution in [0.2, 0.25) is 0 Å². The molecule has 1 atom stereocenters. The second kappa shape index (κ2) is 5.92. The zero-order valence-electron chi connectivity index (χ0n) is 13.4. The van der Waals surface area contributed by atoms with E-state index >= 15 is 0 Å². The highest BCUT2D eigenvalue weighted by Gasteiger charge is 2.31. The van der Waals surface area contributed by atoms with Gasteiger partial charge in [-0.2, -0.15) is 4.52 Å². The standard InChI is InChI=1S/C17H18N6O/c1-12-2-4-13(5-3-12)10-22-9-8-14(17(22)24)19-15-6-7-16-20-18-11-23(16)21-15/h2-7,11,14H,8-10H2,1H3,(H,19,21)/t14-/m1/s1. The minimum atomic E-state index is -0.239. The van der Waals surface area contributed by atoms with E-state index in [9.17, 15) is 4.79 Å². The summed E-state index contributed by atoms with van der Waals surface area (Å²) in [6.45, 7) is 3.46. The number of hydrogen-bond donors (Lipinski definition) is 1. The lowest BCUT2D eigenvalue weighted by atomic mass is 10.1. The minimum absolute atomic E-state index is 0.112. The Morgan fingerprint density at radius 3 is 2.88 bits per heavy atom. The topological polar surface area (TPSA) is 75.4 Å². The number of carbonyl (C=O) groups excluding carboxylic acids is 1. The average Bonchev–Trinajstić information content (AvgIpc) is 3.18. The molecule has 7 heteroatoms. The van der Waals surface area contributed by atoms with E-state index < -0.39 is 0 Å². The predicted octanol–water partition coefficient (Wildman–Crippen LogP) is 1.65. The molecular weight excluding hydrogens is 304 g/mol. The van der Waals surface area contributed by atoms with Crippen LogP contribution in [-0.2, 0) is 11.3 Å². The maximum Gasteiger partial charge on any atom is 0.245 e. The van der Waals surface area contributed by atoms with Crippen molar-refractivity contribution in [2.75, 3.05) is 11.9 Å². The van der Waals surface area contributed by atoms with Crippen LogP contribution in [0, 0.1) is 6.92 Å². The summed E-state index contributed by atoms with van der Waals surface area (Å²) in [5.74, 6) is 0.763. The minimum Gasteiger partial charge on any atom is -0.357 e. The van der Waals surface area contributed by atoms with Crippen molar-refractivity contribution in [1.82, 2.24) is 24.7 Å². The summed E-state index contributed by atoms with van der Waals surface area (Å²) in [6.07, 6.45) is 2.31. The maximum absolute atomic E-state index is 12.6. The second-order valence-corrected chi connectivity index (χ2v) is 6.08. The molecule has 1 saturated heterocycles. The third-order valence-corrected chi connectivity index (χ3v) is 4.28. The van der Waals surface area contributed by atoms with Gasteiger partial charge in [-0.1, -0.05) is 29.8 Å². The van der Waals surface area contributed by atoms with Crippen molar-refractivity contribution in [3.63, 3.8) is 0 Å². The van der Waals surface area contributed by atoms with Crippen molar-refractivity contribution in [3.8, 4) is 0 Å². The third-order valence-electron chi connectivity index (χ3n) is 4.28. The van der Waals surface area contributed by atoms with Crippen LogP contribution in [0.15, 0.2) is 42.7 Å². The molecule has 1 aliphatic heterocycles. The lowest BCUT2D eigenvalue weighted by Gasteiger charge is -2.17. The predicted molar refractivity (Wildman–Crippen MR) is 89.4 cm³/mol. The number of nitrogens with zero attached hydrogens (tertiary/aromatic N) is 5. The number of nitrogens with one attached hydrogen (secondary N) is 1. The molecule has 1 N–H and O–H groups in total. The number of benzene rings is 1. The van der Waals surface area contributed by atoms with Crippen LogP contribution in [0.4, 0.5) is 5.82 Å². The molecular formula is C17H18N6O. The van der Waals surface area contributed by atoms with Crippen molar-refractivity contribution in [1.29, 1.82) is 0 Å². The van der Waals surface area contributed by atoms with Gasteiger partial charge in [0.1, 0.15) is 18.2 Å². The molecule has 24 heavy (non-hydrogen) atoms. The summed E-state index contributed by atoms with van der Waals surface area (Å²) < 4.78 is 1.59. The van der Waals surface area contributed by atoms with E-state index in [1.54, 1.807) is 10.8 Å². The number of aryl methyl sites for hydroxylation is 1. The summed E-state index contributed by atoms with van der Waals surface area (Å²) in [5.41, 5.74) is 3.06. The van der Waals surface area contributed by atoms with E-state index in [0.29, 0.717) is 18.0 Å². The van der Waals surface area contributed by atoms with Crippen LogP contribution >= 0.6 is 0 Å². The van der Waals surface area contributed by atoms with Gasteiger partial charge in [-0.3, -0.25) is 4.79 Å². The monoisotopic (exact) mass is 322 g/mol. The van der Waals surface area contributed by atoms with Gasteiger partial charge in [0.25, 0.3) is 0 Å². The molecule has 122 valence electrons. The fraction of sp³-hybridized carbons (Fsp3) is 0.294. The van der Waals surface area contributed by atoms with Gasteiger partial charge >= 0.3 is 0 Å². The van der Waals surface area contributed by atoms with Crippen molar-refractivity contribution >= 4 is 17.4 Å². The summed E-state index contributed by atoms with van der Waals surface area (Å²) in [6, 6.07) is 11.7. The van der Waals surface area contributed by atoms with Gasteiger partial charge in [-0.15, -0.1) is 15.3 Å². The van der Waals surface area contributed by atoms with Crippen molar-refractivity contribution in [2.24, 2.45) is 0 Å². The highest BCUT2D eigenvalue weighted by molar-refractivity contribution is 5.86. The first-order chi connectivity index (χ1) is 11.7. The Hall–Kier alpha value is -2.96. The number of carbonyl (C=O) groups is 1. The molecule has 1 aromatic carbocycles. The normalized spacial score (nSPS) is 17.6. The molecule has 0 spiro atoms. The first kappa shape index (κ1) is 14.6. The number of fused-ring (bicyclic) bond motifs is 1. The third kappa shape index (κ3) is 2.80. The highest BCUT2D eigenvalue weighted by Crippen LogP contribution is 2.18. The molecule has 1 fully saturated rings. The molecule has 0 radical (unpaired) electrons. The molecule has 0 unspecified atom stereocenters. The Kier molecular flexibility index (Phi) is 3.60. The lowest BCUT2D eigenvalue weighted by Crippen LogP contribution is -2.33. The van der Waals surface area contributed by atoms with Gasteiger partial charge in [0.15, 0.2) is 5.65 Å². The fourth-order valence-corrected chi connectivity index (χ4v) is 2.93. The van der Waals surface area contributed by atoms with E-state index in [1.165, 1.54) is 5.56 Å². The van der Waals surface area contributed by atoms with Crippen LogP contribution in [0.25, 0.3) is 5.65 Å². The van der Waals surface area contributed by atoms with Crippen LogP contribution in [0.1, 0.15) is 17.5 Å². The van der Waals surface area contributed by atoms with Gasteiger partial charge in [0.2, 0.25) is 5.91 Å². The van der Waals surface area contributed by atoms with E-state index in [2.05, 4.69) is 51.8 Å². The van der Waals surface area contributed by atoms with Gasteiger partial charge in [-0.25, -0.2) is 0 Å². The maximum atomic E-state index is 12.6. The van der Waals surface area contributed by atoms with Crippen molar-refractivity contribution < 1.29 is 4.79 Å². The van der Waals surface area contributed by atoms with Gasteiger partial charge < -0.3 is 10.2 Å². The highest BCUT2D eigenvalue weighted by atomic mass is 16.2. The zero-order chi connectivity index (χ0) is 16.5. The SMILES string of the molecule is Cc1ccc(CN2CC[C@@H](Nc3ccc4nncn4n3)C2=O)cc1. The quantitative estimate of drug-likeness (QED) is 0.790. The van der Waals surface area contributed by atoms with Crippen LogP contribution < -0.4 is 5.32 Å². The van der Waals surface area contributed by atoms with Crippen LogP contribution in [0.3, 0.4) is 0 Å². The van der Waals surface area contributed by atoms with Crippen LogP contribution in [-0.4, -0.2) is 43.2 Å². The Morgan fingerprint density at radius 1 is 1.21 bits per heavy atom. The van der Waals surface area contributed by atoms with Gasteiger partial charge in [-0.05, 0) is 31.0 Å². The number of amides is 1. The van der Waals surface area contributed by atoms with E-state index in [-0.39, 0.29) is 11.9 Å². The first-order valence-corrected chi connectivity index (χ1v) is 7.97. The molecule has 0 bridgehead atoms. The largest absolute Gasteiger partial charge is 0.357 e. The number of hydrogen-bond acceptors (Lipinski definition) is 5. The van der Waals surface area contributed by atoms with Gasteiger partial charge in [0.05, 0.1) is 0 Å². The summed E-state index contributed by atoms with van der Waals surface area (Å²) >= 11 is 0. The van der Waals surface area contributed by atoms with E-state index in [1.807, 2.05) is 17.0 Å². The molecule has 4 rings (SSSR count). The molecule has 3 heterocycles. The van der Waals surface area contributed by atoms with Crippen molar-refractivity contribution in [3.05, 3.63) is 53.9 Å². The molecule has 0 aliphatic carbocycles. The Labute approximate surface area is 139 Å². The summed E-state index contributed by atoms with van der Waals surface area (Å²) in [5, 5.41) is 15.3. The Morgan fingerprint density at radius 2 is 2.04 bits per heavy atom. The van der Waals surface area contributed by atoms with Crippen molar-refractivity contribution in [2.45, 2.75) is 25.9 Å². The lowest BCUT2D eigenvalue weighted by molar-refractivity contribution is -0.128. The second-order valence-electron chi connectivity index (χ2n) is 6.08. The summed E-state index contributed by atoms with van der Waals surface area (Å²) in [4.78, 5) is 14.5. The average molecular weight is 322 g/mol. The molecule has 1 aliphatic rings. The van der Waals surface area contributed by atoms with Gasteiger partial charge in [0, 0.05) is 13.1 Å². The number of likely N-dealkylation sites (tertiary alicyclic amines) is 1. The fourth-order valence-electron chi connectivity index (χ4n) is 2.93. The smallest absolute Gasteiger partial charge is 0.245 e. The first-order valence-electron chi connectivity index (χ1n) is 7.97. The number of rotatable bonds is 4.